The number of nitrogens with zero attached hydrogens (tertiary/aromatic N) is 1. The molecule has 0 saturated heterocycles. The van der Waals surface area contributed by atoms with Crippen LogP contribution in [-0.2, 0) is 6.67 Å². The van der Waals surface area contributed by atoms with E-state index in [0.717, 1.165) is 11.2 Å². The maximum atomic E-state index is 13.6. The van der Waals surface area contributed by atoms with Crippen LogP contribution in [0.25, 0.3) is 0 Å². The standard InChI is InChI=1S/C24H22FNOPS/c1-2-29-24-23(26-22(18-25)27-24)28(19-12-6-3-7-13-19,20-14-8-4-9-15-20)21-16-10-5-11-17-21/h3-17H,2,18H2,1H3/q+1. The van der Waals surface area contributed by atoms with Crippen molar-refractivity contribution in [2.75, 3.05) is 5.75 Å². The van der Waals surface area contributed by atoms with Crippen LogP contribution in [0.3, 0.4) is 0 Å². The van der Waals surface area contributed by atoms with Gasteiger partial charge in [0.1, 0.15) is 15.9 Å². The van der Waals surface area contributed by atoms with Gasteiger partial charge in [-0.25, -0.2) is 4.39 Å². The van der Waals surface area contributed by atoms with Gasteiger partial charge < -0.3 is 4.42 Å². The maximum absolute atomic E-state index is 13.6. The van der Waals surface area contributed by atoms with Crippen molar-refractivity contribution >= 4 is 40.4 Å². The minimum Gasteiger partial charge on any atom is -0.427 e. The Kier molecular flexibility index (Phi) is 6.13. The van der Waals surface area contributed by atoms with Crippen LogP contribution >= 0.6 is 19.0 Å². The number of benzene rings is 3. The minimum atomic E-state index is -2.36. The first-order chi connectivity index (χ1) is 14.3. The van der Waals surface area contributed by atoms with E-state index in [-0.39, 0.29) is 5.89 Å². The Hall–Kier alpha value is -2.42. The molecule has 1 aromatic heterocycles. The van der Waals surface area contributed by atoms with Crippen molar-refractivity contribution in [2.45, 2.75) is 18.7 Å². The number of hydrogen-bond acceptors (Lipinski definition) is 3. The first-order valence-electron chi connectivity index (χ1n) is 9.55. The van der Waals surface area contributed by atoms with E-state index in [0.29, 0.717) is 5.09 Å². The zero-order chi connectivity index (χ0) is 20.1. The van der Waals surface area contributed by atoms with Crippen molar-refractivity contribution in [1.82, 2.24) is 4.98 Å². The summed E-state index contributed by atoms with van der Waals surface area (Å²) in [6.07, 6.45) is 0. The first kappa shape index (κ1) is 19.9. The van der Waals surface area contributed by atoms with Gasteiger partial charge in [0.15, 0.2) is 13.9 Å². The molecule has 4 aromatic rings. The largest absolute Gasteiger partial charge is 0.427 e. The van der Waals surface area contributed by atoms with E-state index in [1.807, 2.05) is 18.2 Å². The lowest BCUT2D eigenvalue weighted by atomic mass is 10.4. The number of rotatable bonds is 7. The normalized spacial score (nSPS) is 11.5. The van der Waals surface area contributed by atoms with Gasteiger partial charge in [0.05, 0.1) is 0 Å². The highest BCUT2D eigenvalue weighted by Crippen LogP contribution is 2.55. The summed E-state index contributed by atoms with van der Waals surface area (Å²) in [6.45, 7) is 1.36. The van der Waals surface area contributed by atoms with Crippen LogP contribution in [0.5, 0.6) is 0 Å². The van der Waals surface area contributed by atoms with E-state index in [4.69, 9.17) is 9.40 Å². The summed E-state index contributed by atoms with van der Waals surface area (Å²) >= 11 is 1.58. The number of thioether (sulfide) groups is 1. The van der Waals surface area contributed by atoms with Crippen molar-refractivity contribution in [2.24, 2.45) is 0 Å². The minimum absolute atomic E-state index is 0.142. The number of hydrogen-bond donors (Lipinski definition) is 0. The van der Waals surface area contributed by atoms with E-state index in [1.54, 1.807) is 11.8 Å². The number of aromatic nitrogens is 1. The summed E-state index contributed by atoms with van der Waals surface area (Å²) in [4.78, 5) is 4.74. The summed E-state index contributed by atoms with van der Waals surface area (Å²) < 4.78 is 19.5. The average molecular weight is 422 g/mol. The van der Waals surface area contributed by atoms with Crippen molar-refractivity contribution in [3.63, 3.8) is 0 Å². The van der Waals surface area contributed by atoms with Crippen LogP contribution in [0.15, 0.2) is 101 Å². The van der Waals surface area contributed by atoms with E-state index in [1.165, 1.54) is 15.9 Å². The second-order valence-electron chi connectivity index (χ2n) is 6.46. The molecule has 0 spiro atoms. The summed E-state index contributed by atoms with van der Waals surface area (Å²) in [5.41, 5.74) is 0.848. The lowest BCUT2D eigenvalue weighted by Gasteiger charge is -2.25. The Morgan fingerprint density at radius 1 is 0.793 bits per heavy atom. The highest BCUT2D eigenvalue weighted by atomic mass is 32.2. The van der Waals surface area contributed by atoms with Gasteiger partial charge in [-0.2, -0.15) is 4.98 Å². The van der Waals surface area contributed by atoms with Gasteiger partial charge >= 0.3 is 0 Å². The molecule has 0 saturated carbocycles. The van der Waals surface area contributed by atoms with E-state index in [2.05, 4.69) is 79.7 Å². The van der Waals surface area contributed by atoms with Crippen molar-refractivity contribution in [1.29, 1.82) is 0 Å². The summed E-state index contributed by atoms with van der Waals surface area (Å²) in [5.74, 6) is 0.967. The smallest absolute Gasteiger partial charge is 0.250 e. The van der Waals surface area contributed by atoms with Crippen LogP contribution in [0, 0.1) is 0 Å². The Labute approximate surface area is 175 Å². The molecule has 3 aromatic carbocycles. The fourth-order valence-electron chi connectivity index (χ4n) is 3.60. The monoisotopic (exact) mass is 422 g/mol. The van der Waals surface area contributed by atoms with E-state index >= 15 is 0 Å². The zero-order valence-electron chi connectivity index (χ0n) is 16.2. The third-order valence-electron chi connectivity index (χ3n) is 4.76. The highest BCUT2D eigenvalue weighted by Gasteiger charge is 2.52. The van der Waals surface area contributed by atoms with Crippen molar-refractivity contribution in [3.05, 3.63) is 96.9 Å². The van der Waals surface area contributed by atoms with Gasteiger partial charge in [-0.05, 0) is 42.2 Å². The third-order valence-corrected chi connectivity index (χ3v) is 9.90. The number of halogens is 1. The van der Waals surface area contributed by atoms with Crippen LogP contribution in [0.2, 0.25) is 0 Å². The highest BCUT2D eigenvalue weighted by molar-refractivity contribution is 8.04. The fraction of sp³-hybridized carbons (Fsp3) is 0.125. The lowest BCUT2D eigenvalue weighted by Crippen LogP contribution is -2.40. The topological polar surface area (TPSA) is 26.0 Å². The quantitative estimate of drug-likeness (QED) is 0.314. The molecule has 4 rings (SSSR count). The summed E-state index contributed by atoms with van der Waals surface area (Å²) in [6, 6.07) is 31.3. The predicted molar refractivity (Wildman–Crippen MR) is 122 cm³/mol. The number of alkyl halides is 1. The molecule has 0 aliphatic rings. The second-order valence-corrected chi connectivity index (χ2v) is 11.0. The van der Waals surface area contributed by atoms with E-state index in [9.17, 15) is 4.39 Å². The molecular weight excluding hydrogens is 400 g/mol. The fourth-order valence-corrected chi connectivity index (χ4v) is 8.87. The van der Waals surface area contributed by atoms with Crippen LogP contribution in [0.1, 0.15) is 12.8 Å². The van der Waals surface area contributed by atoms with Crippen LogP contribution in [0.4, 0.5) is 4.39 Å². The van der Waals surface area contributed by atoms with Gasteiger partial charge in [-0.15, -0.1) is 0 Å². The molecule has 0 bridgehead atoms. The van der Waals surface area contributed by atoms with Gasteiger partial charge in [0, 0.05) is 0 Å². The molecular formula is C24H22FNOPS+. The molecule has 0 amide bonds. The van der Waals surface area contributed by atoms with Gasteiger partial charge in [-0.3, -0.25) is 0 Å². The number of oxazole rings is 1. The molecule has 1 heterocycles. The Balaban J connectivity index is 2.14. The van der Waals surface area contributed by atoms with Crippen molar-refractivity contribution < 1.29 is 8.81 Å². The third kappa shape index (κ3) is 3.63. The van der Waals surface area contributed by atoms with Crippen LogP contribution in [-0.4, -0.2) is 10.7 Å². The van der Waals surface area contributed by atoms with Gasteiger partial charge in [0.2, 0.25) is 11.0 Å². The van der Waals surface area contributed by atoms with Crippen LogP contribution < -0.4 is 21.3 Å². The summed E-state index contributed by atoms with van der Waals surface area (Å²) in [5, 5.41) is 4.24. The van der Waals surface area contributed by atoms with Gasteiger partial charge in [0.25, 0.3) is 5.44 Å². The lowest BCUT2D eigenvalue weighted by molar-refractivity contribution is 0.349. The Morgan fingerprint density at radius 3 is 1.62 bits per heavy atom. The molecule has 0 aliphatic heterocycles. The molecule has 0 atom stereocenters. The SMILES string of the molecule is CCSc1oc(CF)nc1[P+](c1ccccc1)(c1ccccc1)c1ccccc1. The average Bonchev–Trinajstić information content (AvgIpc) is 3.20. The molecule has 146 valence electrons. The molecule has 0 unspecified atom stereocenters. The molecule has 2 nitrogen and oxygen atoms in total. The maximum Gasteiger partial charge on any atom is 0.250 e. The first-order valence-corrected chi connectivity index (χ1v) is 12.3. The molecule has 0 radical (unpaired) electrons. The summed E-state index contributed by atoms with van der Waals surface area (Å²) in [7, 11) is -2.36. The molecule has 0 aliphatic carbocycles. The molecule has 0 N–H and O–H groups in total. The molecule has 5 heteroatoms. The van der Waals surface area contributed by atoms with Crippen molar-refractivity contribution in [3.8, 4) is 0 Å². The molecule has 29 heavy (non-hydrogen) atoms. The Bertz CT molecular complexity index is 958. The molecule has 0 fully saturated rings. The van der Waals surface area contributed by atoms with Gasteiger partial charge in [-0.1, -0.05) is 73.3 Å². The van der Waals surface area contributed by atoms with E-state index < -0.39 is 13.9 Å². The predicted octanol–water partition coefficient (Wildman–Crippen LogP) is 4.88. The second kappa shape index (κ2) is 8.94. The Morgan fingerprint density at radius 2 is 1.24 bits per heavy atom. The zero-order valence-corrected chi connectivity index (χ0v) is 17.9.